The van der Waals surface area contributed by atoms with E-state index in [1.807, 2.05) is 32.2 Å². The fourth-order valence-corrected chi connectivity index (χ4v) is 5.19. The van der Waals surface area contributed by atoms with Gasteiger partial charge in [-0.25, -0.2) is 9.97 Å². The molecule has 0 amide bonds. The molecule has 6 nitrogen and oxygen atoms in total. The zero-order chi connectivity index (χ0) is 23.3. The molecule has 0 saturated heterocycles. The largest absolute Gasteiger partial charge is 0.374 e. The number of nitrogens with zero attached hydrogens (tertiary/aromatic N) is 4. The van der Waals surface area contributed by atoms with Crippen molar-refractivity contribution in [3.63, 3.8) is 0 Å². The predicted molar refractivity (Wildman–Crippen MR) is 132 cm³/mol. The number of halogens is 1. The third-order valence-electron chi connectivity index (χ3n) is 5.95. The summed E-state index contributed by atoms with van der Waals surface area (Å²) in [5, 5.41) is 13.6. The van der Waals surface area contributed by atoms with E-state index in [9.17, 15) is 9.90 Å². The Morgan fingerprint density at radius 1 is 1.03 bits per heavy atom. The number of benzene rings is 1. The van der Waals surface area contributed by atoms with Crippen LogP contribution in [0.5, 0.6) is 0 Å². The minimum atomic E-state index is -1.53. The topological polar surface area (TPSA) is 72.9 Å². The summed E-state index contributed by atoms with van der Waals surface area (Å²) in [6.45, 7) is 2.03. The molecule has 0 aliphatic carbocycles. The SMILES string of the molecule is Cc1ccc(-c2cc(=O)n(C)c3ncc([C@](O)(c4ccc(Cl)cc4)c4cncn4C)cc23)s1. The molecule has 1 atom stereocenters. The lowest BCUT2D eigenvalue weighted by atomic mass is 9.84. The van der Waals surface area contributed by atoms with Crippen molar-refractivity contribution in [3.05, 3.63) is 104 Å². The summed E-state index contributed by atoms with van der Waals surface area (Å²) in [5.74, 6) is 0. The third-order valence-corrected chi connectivity index (χ3v) is 7.23. The number of hydrogen-bond acceptors (Lipinski definition) is 5. The van der Waals surface area contributed by atoms with Crippen molar-refractivity contribution in [2.45, 2.75) is 12.5 Å². The summed E-state index contributed by atoms with van der Waals surface area (Å²) in [6, 6.07) is 14.7. The van der Waals surface area contributed by atoms with E-state index in [0.29, 0.717) is 27.5 Å². The molecule has 166 valence electrons. The number of aliphatic hydroxyl groups is 1. The van der Waals surface area contributed by atoms with Crippen LogP contribution in [0.1, 0.15) is 21.7 Å². The van der Waals surface area contributed by atoms with Crippen LogP contribution in [-0.4, -0.2) is 24.2 Å². The van der Waals surface area contributed by atoms with Gasteiger partial charge >= 0.3 is 0 Å². The van der Waals surface area contributed by atoms with Gasteiger partial charge in [0.25, 0.3) is 5.56 Å². The molecule has 0 aliphatic rings. The van der Waals surface area contributed by atoms with Gasteiger partial charge in [0.15, 0.2) is 5.60 Å². The van der Waals surface area contributed by atoms with E-state index in [4.69, 9.17) is 11.6 Å². The molecule has 0 bridgehead atoms. The molecule has 8 heteroatoms. The molecule has 0 saturated carbocycles. The second-order valence-electron chi connectivity index (χ2n) is 8.07. The molecular weight excluding hydrogens is 456 g/mol. The Labute approximate surface area is 199 Å². The highest BCUT2D eigenvalue weighted by atomic mass is 35.5. The Bertz CT molecular complexity index is 1550. The van der Waals surface area contributed by atoms with Gasteiger partial charge in [-0.3, -0.25) is 9.36 Å². The van der Waals surface area contributed by atoms with Crippen molar-refractivity contribution < 1.29 is 5.11 Å². The number of imidazole rings is 1. The van der Waals surface area contributed by atoms with Crippen LogP contribution in [0.4, 0.5) is 0 Å². The van der Waals surface area contributed by atoms with Gasteiger partial charge in [0, 0.05) is 57.6 Å². The van der Waals surface area contributed by atoms with Crippen LogP contribution >= 0.6 is 22.9 Å². The molecule has 0 spiro atoms. The van der Waals surface area contributed by atoms with Crippen molar-refractivity contribution in [2.24, 2.45) is 14.1 Å². The van der Waals surface area contributed by atoms with Gasteiger partial charge < -0.3 is 9.67 Å². The second kappa shape index (κ2) is 7.95. The third kappa shape index (κ3) is 3.49. The number of aryl methyl sites for hydroxylation is 3. The molecule has 1 aromatic carbocycles. The molecule has 4 heterocycles. The zero-order valence-electron chi connectivity index (χ0n) is 18.3. The van der Waals surface area contributed by atoms with E-state index in [1.54, 1.807) is 72.0 Å². The lowest BCUT2D eigenvalue weighted by molar-refractivity contribution is 0.117. The first-order valence-corrected chi connectivity index (χ1v) is 11.5. The second-order valence-corrected chi connectivity index (χ2v) is 9.79. The smallest absolute Gasteiger partial charge is 0.252 e. The summed E-state index contributed by atoms with van der Waals surface area (Å²) in [7, 11) is 3.54. The molecule has 33 heavy (non-hydrogen) atoms. The van der Waals surface area contributed by atoms with Crippen LogP contribution in [0.15, 0.2) is 72.0 Å². The van der Waals surface area contributed by atoms with Crippen LogP contribution in [0.25, 0.3) is 21.5 Å². The van der Waals surface area contributed by atoms with Gasteiger partial charge in [-0.15, -0.1) is 11.3 Å². The maximum absolute atomic E-state index is 12.7. The van der Waals surface area contributed by atoms with E-state index >= 15 is 0 Å². The molecule has 5 aromatic rings. The Balaban J connectivity index is 1.83. The zero-order valence-corrected chi connectivity index (χ0v) is 19.9. The summed E-state index contributed by atoms with van der Waals surface area (Å²) in [6.07, 6.45) is 4.91. The van der Waals surface area contributed by atoms with E-state index in [0.717, 1.165) is 20.7 Å². The van der Waals surface area contributed by atoms with Crippen LogP contribution in [0, 0.1) is 6.92 Å². The monoisotopic (exact) mass is 476 g/mol. The van der Waals surface area contributed by atoms with Gasteiger partial charge in [0.05, 0.1) is 18.2 Å². The minimum Gasteiger partial charge on any atom is -0.374 e. The lowest BCUT2D eigenvalue weighted by Crippen LogP contribution is -2.31. The van der Waals surface area contributed by atoms with Gasteiger partial charge in [-0.1, -0.05) is 23.7 Å². The number of thiophene rings is 1. The first-order valence-electron chi connectivity index (χ1n) is 10.3. The molecule has 0 fully saturated rings. The number of hydrogen-bond donors (Lipinski definition) is 1. The molecule has 0 unspecified atom stereocenters. The van der Waals surface area contributed by atoms with Crippen molar-refractivity contribution in [3.8, 4) is 10.4 Å². The summed E-state index contributed by atoms with van der Waals surface area (Å²) in [4.78, 5) is 23.6. The average Bonchev–Trinajstić information content (AvgIpc) is 3.44. The highest BCUT2D eigenvalue weighted by Crippen LogP contribution is 2.39. The summed E-state index contributed by atoms with van der Waals surface area (Å²) in [5.41, 5.74) is 1.46. The average molecular weight is 477 g/mol. The van der Waals surface area contributed by atoms with Crippen LogP contribution in [-0.2, 0) is 19.7 Å². The first-order chi connectivity index (χ1) is 15.8. The Morgan fingerprint density at radius 3 is 2.42 bits per heavy atom. The van der Waals surface area contributed by atoms with Crippen molar-refractivity contribution in [1.29, 1.82) is 0 Å². The van der Waals surface area contributed by atoms with Crippen LogP contribution in [0.3, 0.4) is 0 Å². The van der Waals surface area contributed by atoms with E-state index in [2.05, 4.69) is 9.97 Å². The minimum absolute atomic E-state index is 0.136. The van der Waals surface area contributed by atoms with E-state index < -0.39 is 5.60 Å². The summed E-state index contributed by atoms with van der Waals surface area (Å²) < 4.78 is 3.30. The van der Waals surface area contributed by atoms with E-state index in [-0.39, 0.29) is 5.56 Å². The predicted octanol–water partition coefficient (Wildman–Crippen LogP) is 4.64. The van der Waals surface area contributed by atoms with Gasteiger partial charge in [0.2, 0.25) is 0 Å². The maximum Gasteiger partial charge on any atom is 0.252 e. The van der Waals surface area contributed by atoms with Crippen LogP contribution < -0.4 is 5.56 Å². The highest BCUT2D eigenvalue weighted by molar-refractivity contribution is 7.15. The maximum atomic E-state index is 12.7. The summed E-state index contributed by atoms with van der Waals surface area (Å²) >= 11 is 7.74. The lowest BCUT2D eigenvalue weighted by Gasteiger charge is -2.30. The molecule has 4 aromatic heterocycles. The van der Waals surface area contributed by atoms with Crippen molar-refractivity contribution in [1.82, 2.24) is 19.1 Å². The number of aromatic nitrogens is 4. The van der Waals surface area contributed by atoms with Gasteiger partial charge in [-0.2, -0.15) is 0 Å². The fourth-order valence-electron chi connectivity index (χ4n) is 4.17. The molecule has 0 radical (unpaired) electrons. The highest BCUT2D eigenvalue weighted by Gasteiger charge is 2.37. The Kier molecular flexibility index (Phi) is 5.20. The van der Waals surface area contributed by atoms with E-state index in [1.165, 1.54) is 4.57 Å². The molecule has 1 N–H and O–H groups in total. The van der Waals surface area contributed by atoms with Crippen molar-refractivity contribution >= 4 is 34.0 Å². The Hall–Kier alpha value is -3.26. The van der Waals surface area contributed by atoms with Crippen LogP contribution in [0.2, 0.25) is 5.02 Å². The first kappa shape index (κ1) is 21.6. The van der Waals surface area contributed by atoms with Crippen molar-refractivity contribution in [2.75, 3.05) is 0 Å². The number of pyridine rings is 2. The quantitative estimate of drug-likeness (QED) is 0.410. The van der Waals surface area contributed by atoms with Gasteiger partial charge in [0.1, 0.15) is 5.65 Å². The molecular formula is C25H21ClN4O2S. The normalized spacial score (nSPS) is 13.4. The molecule has 5 rings (SSSR count). The number of fused-ring (bicyclic) bond motifs is 1. The molecule has 0 aliphatic heterocycles. The number of rotatable bonds is 4. The Morgan fingerprint density at radius 2 is 1.79 bits per heavy atom. The standard InChI is InChI=1S/C25H21ClN4O2S/c1-15-4-9-21(33-15)19-11-23(31)30(3)24-20(19)10-17(12-28-24)25(32,22-13-27-14-29(22)2)16-5-7-18(26)8-6-16/h4-14,32H,1-3H3/t25-/m1/s1. The fraction of sp³-hybridized carbons (Fsp3) is 0.160. The van der Waals surface area contributed by atoms with Gasteiger partial charge in [-0.05, 0) is 42.8 Å².